The minimum absolute atomic E-state index is 0.0518. The molecule has 230 valence electrons. The molecule has 0 bridgehead atoms. The summed E-state index contributed by atoms with van der Waals surface area (Å²) in [6.45, 7) is 1.71. The Balaban J connectivity index is 1.48. The molecule has 1 atom stereocenters. The second kappa shape index (κ2) is 15.1. The SMILES string of the molecule is CC(Sc1cccc(NC(=O)/C(=C\c2ccc(N(C)C)cc2)NC(=O)c2ccccc2)c1)C(=O)Nc1ccc(Cl)c(C(=O)O)c1. The summed E-state index contributed by atoms with van der Waals surface area (Å²) in [4.78, 5) is 53.3. The number of amides is 3. The van der Waals surface area contributed by atoms with Crippen molar-refractivity contribution in [2.45, 2.75) is 17.1 Å². The summed E-state index contributed by atoms with van der Waals surface area (Å²) in [6.07, 6.45) is 1.60. The van der Waals surface area contributed by atoms with Gasteiger partial charge >= 0.3 is 5.97 Å². The van der Waals surface area contributed by atoms with E-state index in [-0.39, 0.29) is 22.2 Å². The van der Waals surface area contributed by atoms with Gasteiger partial charge in [-0.15, -0.1) is 11.8 Å². The van der Waals surface area contributed by atoms with Gasteiger partial charge < -0.3 is 26.0 Å². The van der Waals surface area contributed by atoms with E-state index in [4.69, 9.17) is 11.6 Å². The lowest BCUT2D eigenvalue weighted by molar-refractivity contribution is -0.115. The lowest BCUT2D eigenvalue weighted by Crippen LogP contribution is -2.30. The van der Waals surface area contributed by atoms with Crippen molar-refractivity contribution in [2.24, 2.45) is 0 Å². The fourth-order valence-electron chi connectivity index (χ4n) is 4.09. The maximum Gasteiger partial charge on any atom is 0.337 e. The first-order chi connectivity index (χ1) is 21.5. The van der Waals surface area contributed by atoms with Gasteiger partial charge in [0.15, 0.2) is 0 Å². The van der Waals surface area contributed by atoms with Crippen molar-refractivity contribution in [1.29, 1.82) is 0 Å². The number of carboxylic acid groups (broad SMARTS) is 1. The zero-order valence-electron chi connectivity index (χ0n) is 24.7. The molecule has 4 rings (SSSR count). The van der Waals surface area contributed by atoms with Crippen LogP contribution in [-0.4, -0.2) is 48.1 Å². The summed E-state index contributed by atoms with van der Waals surface area (Å²) >= 11 is 7.18. The number of halogens is 1. The quantitative estimate of drug-likeness (QED) is 0.107. The van der Waals surface area contributed by atoms with Crippen molar-refractivity contribution < 1.29 is 24.3 Å². The van der Waals surface area contributed by atoms with Gasteiger partial charge in [0.05, 0.1) is 15.8 Å². The van der Waals surface area contributed by atoms with Crippen molar-refractivity contribution in [1.82, 2.24) is 5.32 Å². The number of carbonyl (C=O) groups excluding carboxylic acids is 3. The van der Waals surface area contributed by atoms with Crippen LogP contribution in [0.3, 0.4) is 0 Å². The van der Waals surface area contributed by atoms with Crippen molar-refractivity contribution in [3.8, 4) is 0 Å². The lowest BCUT2D eigenvalue weighted by atomic mass is 10.1. The Kier molecular flexibility index (Phi) is 11.0. The Labute approximate surface area is 270 Å². The summed E-state index contributed by atoms with van der Waals surface area (Å²) in [5, 5.41) is 17.1. The van der Waals surface area contributed by atoms with Gasteiger partial charge in [-0.25, -0.2) is 4.79 Å². The number of rotatable bonds is 11. The van der Waals surface area contributed by atoms with Crippen LogP contribution in [0.4, 0.5) is 17.1 Å². The van der Waals surface area contributed by atoms with Crippen LogP contribution in [0.2, 0.25) is 5.02 Å². The van der Waals surface area contributed by atoms with E-state index in [0.717, 1.165) is 11.3 Å². The van der Waals surface area contributed by atoms with Gasteiger partial charge in [-0.05, 0) is 79.2 Å². The average Bonchev–Trinajstić information content (AvgIpc) is 3.02. The molecule has 4 N–H and O–H groups in total. The minimum atomic E-state index is -1.20. The molecule has 0 saturated heterocycles. The highest BCUT2D eigenvalue weighted by Crippen LogP contribution is 2.28. The topological polar surface area (TPSA) is 128 Å². The predicted molar refractivity (Wildman–Crippen MR) is 180 cm³/mol. The highest BCUT2D eigenvalue weighted by Gasteiger charge is 2.18. The molecule has 11 heteroatoms. The van der Waals surface area contributed by atoms with Crippen LogP contribution >= 0.6 is 23.4 Å². The number of carboxylic acids is 1. The number of anilines is 3. The number of aromatic carboxylic acids is 1. The molecule has 0 saturated carbocycles. The molecule has 0 aliphatic carbocycles. The molecular weight excluding hydrogens is 612 g/mol. The van der Waals surface area contributed by atoms with Crippen LogP contribution in [0.25, 0.3) is 6.08 Å². The van der Waals surface area contributed by atoms with Crippen LogP contribution in [0, 0.1) is 0 Å². The van der Waals surface area contributed by atoms with E-state index >= 15 is 0 Å². The Morgan fingerprint density at radius 1 is 0.844 bits per heavy atom. The summed E-state index contributed by atoms with van der Waals surface area (Å²) < 4.78 is 0. The fraction of sp³-hybridized carbons (Fsp3) is 0.118. The maximum absolute atomic E-state index is 13.5. The van der Waals surface area contributed by atoms with E-state index in [1.807, 2.05) is 43.3 Å². The highest BCUT2D eigenvalue weighted by atomic mass is 35.5. The van der Waals surface area contributed by atoms with Crippen molar-refractivity contribution in [3.05, 3.63) is 124 Å². The fourth-order valence-corrected chi connectivity index (χ4v) is 5.22. The molecule has 0 aliphatic heterocycles. The van der Waals surface area contributed by atoms with Gasteiger partial charge in [0.25, 0.3) is 11.8 Å². The summed E-state index contributed by atoms with van der Waals surface area (Å²) in [6, 6.07) is 27.3. The van der Waals surface area contributed by atoms with E-state index in [1.165, 1.54) is 30.0 Å². The number of carbonyl (C=O) groups is 4. The van der Waals surface area contributed by atoms with Crippen LogP contribution < -0.4 is 20.9 Å². The van der Waals surface area contributed by atoms with Crippen LogP contribution in [-0.2, 0) is 9.59 Å². The number of hydrogen-bond acceptors (Lipinski definition) is 6. The van der Waals surface area contributed by atoms with E-state index in [0.29, 0.717) is 21.8 Å². The standard InChI is InChI=1S/C34H31ClN4O5S/c1-21(31(40)36-25-14-17-29(35)28(20-25)34(43)44)45-27-11-7-10-24(19-27)37-33(42)30(38-32(41)23-8-5-4-6-9-23)18-22-12-15-26(16-13-22)39(2)3/h4-21H,1-3H3,(H,36,40)(H,37,42)(H,38,41)(H,43,44)/b30-18+. The Hall–Kier alpha value is -5.06. The normalized spacial score (nSPS) is 11.7. The van der Waals surface area contributed by atoms with Crippen LogP contribution in [0.15, 0.2) is 108 Å². The molecule has 0 aliphatic rings. The Morgan fingerprint density at radius 3 is 2.20 bits per heavy atom. The minimum Gasteiger partial charge on any atom is -0.478 e. The van der Waals surface area contributed by atoms with E-state index < -0.39 is 23.0 Å². The number of hydrogen-bond donors (Lipinski definition) is 4. The molecule has 0 aromatic heterocycles. The van der Waals surface area contributed by atoms with Gasteiger partial charge in [-0.2, -0.15) is 0 Å². The zero-order chi connectivity index (χ0) is 32.5. The van der Waals surface area contributed by atoms with Crippen LogP contribution in [0.1, 0.15) is 33.2 Å². The van der Waals surface area contributed by atoms with Gasteiger partial charge in [0, 0.05) is 41.6 Å². The lowest BCUT2D eigenvalue weighted by Gasteiger charge is -2.15. The molecule has 45 heavy (non-hydrogen) atoms. The average molecular weight is 643 g/mol. The number of nitrogens with zero attached hydrogens (tertiary/aromatic N) is 1. The summed E-state index contributed by atoms with van der Waals surface area (Å²) in [5.74, 6) is -2.50. The molecule has 1 unspecified atom stereocenters. The second-order valence-electron chi connectivity index (χ2n) is 10.1. The van der Waals surface area contributed by atoms with Crippen LogP contribution in [0.5, 0.6) is 0 Å². The molecule has 4 aromatic rings. The molecular formula is C34H31ClN4O5S. The van der Waals surface area contributed by atoms with Gasteiger partial charge in [-0.1, -0.05) is 48.0 Å². The number of nitrogens with one attached hydrogen (secondary N) is 3. The van der Waals surface area contributed by atoms with Gasteiger partial charge in [0.1, 0.15) is 5.70 Å². The highest BCUT2D eigenvalue weighted by molar-refractivity contribution is 8.00. The number of thioether (sulfide) groups is 1. The smallest absolute Gasteiger partial charge is 0.337 e. The first-order valence-electron chi connectivity index (χ1n) is 13.8. The maximum atomic E-state index is 13.5. The zero-order valence-corrected chi connectivity index (χ0v) is 26.3. The first kappa shape index (κ1) is 32.8. The molecule has 0 heterocycles. The van der Waals surface area contributed by atoms with E-state index in [2.05, 4.69) is 16.0 Å². The van der Waals surface area contributed by atoms with Crippen molar-refractivity contribution in [2.75, 3.05) is 29.6 Å². The molecule has 0 fully saturated rings. The van der Waals surface area contributed by atoms with Gasteiger partial charge in [-0.3, -0.25) is 14.4 Å². The summed E-state index contributed by atoms with van der Waals surface area (Å²) in [5.41, 5.74) is 2.82. The molecule has 0 radical (unpaired) electrons. The third-order valence-electron chi connectivity index (χ3n) is 6.49. The second-order valence-corrected chi connectivity index (χ2v) is 11.9. The number of benzene rings is 4. The van der Waals surface area contributed by atoms with E-state index in [9.17, 15) is 24.3 Å². The summed E-state index contributed by atoms with van der Waals surface area (Å²) in [7, 11) is 3.86. The predicted octanol–water partition coefficient (Wildman–Crippen LogP) is 6.63. The molecule has 3 amide bonds. The third kappa shape index (κ3) is 9.21. The van der Waals surface area contributed by atoms with E-state index in [1.54, 1.807) is 67.6 Å². The molecule has 0 spiro atoms. The first-order valence-corrected chi connectivity index (χ1v) is 15.0. The molecule has 9 nitrogen and oxygen atoms in total. The Morgan fingerprint density at radius 2 is 1.53 bits per heavy atom. The van der Waals surface area contributed by atoms with Gasteiger partial charge in [0.2, 0.25) is 5.91 Å². The van der Waals surface area contributed by atoms with Crippen molar-refractivity contribution >= 4 is 70.2 Å². The third-order valence-corrected chi connectivity index (χ3v) is 7.91. The monoisotopic (exact) mass is 642 g/mol. The largest absolute Gasteiger partial charge is 0.478 e. The molecule has 4 aromatic carbocycles. The van der Waals surface area contributed by atoms with Crippen molar-refractivity contribution in [3.63, 3.8) is 0 Å². The Bertz CT molecular complexity index is 1740.